The first kappa shape index (κ1) is 25.2. The Morgan fingerprint density at radius 1 is 1.00 bits per heavy atom. The van der Waals surface area contributed by atoms with Gasteiger partial charge in [-0.15, -0.1) is 0 Å². The van der Waals surface area contributed by atoms with Crippen molar-refractivity contribution >= 4 is 23.7 Å². The molecule has 190 valence electrons. The van der Waals surface area contributed by atoms with Crippen molar-refractivity contribution in [2.45, 2.75) is 6.42 Å². The molecule has 0 spiro atoms. The van der Waals surface area contributed by atoms with E-state index in [-0.39, 0.29) is 12.5 Å². The van der Waals surface area contributed by atoms with Crippen LogP contribution in [0.15, 0.2) is 42.5 Å². The lowest BCUT2D eigenvalue weighted by Gasteiger charge is -2.34. The summed E-state index contributed by atoms with van der Waals surface area (Å²) in [4.78, 5) is 43.3. The van der Waals surface area contributed by atoms with Gasteiger partial charge in [0.15, 0.2) is 0 Å². The second-order valence-electron chi connectivity index (χ2n) is 8.99. The summed E-state index contributed by atoms with van der Waals surface area (Å²) in [5, 5.41) is 13.4. The van der Waals surface area contributed by atoms with Crippen molar-refractivity contribution in [1.29, 1.82) is 5.41 Å². The number of likely N-dealkylation sites (N-methyl/N-ethyl adjacent to an activating group) is 1. The average Bonchev–Trinajstić information content (AvgIpc) is 2.90. The molecular weight excluding hydrogens is 460 g/mol. The Morgan fingerprint density at radius 3 is 2.39 bits per heavy atom. The number of piperazine rings is 1. The van der Waals surface area contributed by atoms with E-state index in [9.17, 15) is 14.4 Å². The van der Waals surface area contributed by atoms with Crippen molar-refractivity contribution in [3.05, 3.63) is 64.7 Å². The number of rotatable bonds is 6. The maximum Gasteiger partial charge on any atom is 0.321 e. The van der Waals surface area contributed by atoms with Gasteiger partial charge in [-0.25, -0.2) is 4.79 Å². The standard InChI is InChI=1S/C26H32N6O4/c1-30-13-15-31(16-14-30)23(27)18-3-5-19(6-4-18)24(33)29-26(35)28-10-12-32-11-9-20-17-21(36-2)7-8-22(20)25(32)34/h3-8,17,27H,9-16H2,1-2H3,(H2,28,29,33,35). The molecule has 0 radical (unpaired) electrons. The topological polar surface area (TPSA) is 118 Å². The van der Waals surface area contributed by atoms with Gasteiger partial charge in [-0.05, 0) is 49.4 Å². The molecule has 3 N–H and O–H groups in total. The summed E-state index contributed by atoms with van der Waals surface area (Å²) in [5.74, 6) is 0.546. The minimum atomic E-state index is -0.621. The number of urea groups is 1. The Bertz CT molecular complexity index is 1140. The molecule has 4 rings (SSSR count). The monoisotopic (exact) mass is 492 g/mol. The number of methoxy groups -OCH3 is 1. The van der Waals surface area contributed by atoms with Crippen LogP contribution in [0.5, 0.6) is 5.75 Å². The van der Waals surface area contributed by atoms with Gasteiger partial charge in [0.2, 0.25) is 0 Å². The zero-order valence-corrected chi connectivity index (χ0v) is 20.7. The van der Waals surface area contributed by atoms with Gasteiger partial charge < -0.3 is 24.8 Å². The van der Waals surface area contributed by atoms with Gasteiger partial charge in [0.05, 0.1) is 7.11 Å². The highest BCUT2D eigenvalue weighted by atomic mass is 16.5. The van der Waals surface area contributed by atoms with E-state index in [2.05, 4.69) is 22.6 Å². The number of fused-ring (bicyclic) bond motifs is 1. The molecular formula is C26H32N6O4. The maximum absolute atomic E-state index is 12.7. The molecule has 4 amide bonds. The Hall–Kier alpha value is -3.92. The predicted octanol–water partition coefficient (Wildman–Crippen LogP) is 1.41. The van der Waals surface area contributed by atoms with Crippen LogP contribution in [0.2, 0.25) is 0 Å². The smallest absolute Gasteiger partial charge is 0.321 e. The second-order valence-corrected chi connectivity index (χ2v) is 8.99. The second kappa shape index (κ2) is 11.2. The summed E-state index contributed by atoms with van der Waals surface area (Å²) in [6.07, 6.45) is 0.714. The van der Waals surface area contributed by atoms with E-state index in [0.29, 0.717) is 36.5 Å². The summed E-state index contributed by atoms with van der Waals surface area (Å²) in [6, 6.07) is 11.5. The highest BCUT2D eigenvalue weighted by molar-refractivity contribution is 6.05. The normalized spacial score (nSPS) is 15.8. The third kappa shape index (κ3) is 5.83. The number of imide groups is 1. The molecule has 2 heterocycles. The highest BCUT2D eigenvalue weighted by Crippen LogP contribution is 2.23. The summed E-state index contributed by atoms with van der Waals surface area (Å²) in [7, 11) is 3.66. The van der Waals surface area contributed by atoms with E-state index < -0.39 is 11.9 Å². The summed E-state index contributed by atoms with van der Waals surface area (Å²) < 4.78 is 5.22. The van der Waals surface area contributed by atoms with E-state index in [1.165, 1.54) is 0 Å². The van der Waals surface area contributed by atoms with E-state index in [1.54, 1.807) is 48.4 Å². The van der Waals surface area contributed by atoms with Crippen molar-refractivity contribution in [2.24, 2.45) is 0 Å². The Kier molecular flexibility index (Phi) is 7.84. The van der Waals surface area contributed by atoms with Crippen LogP contribution in [-0.4, -0.2) is 98.4 Å². The van der Waals surface area contributed by atoms with Crippen LogP contribution in [0.25, 0.3) is 0 Å². The van der Waals surface area contributed by atoms with Crippen molar-refractivity contribution in [2.75, 3.05) is 60.0 Å². The van der Waals surface area contributed by atoms with E-state index in [4.69, 9.17) is 10.1 Å². The summed E-state index contributed by atoms with van der Waals surface area (Å²) in [6.45, 7) is 4.52. The molecule has 0 aromatic heterocycles. The fourth-order valence-corrected chi connectivity index (χ4v) is 4.37. The molecule has 2 aliphatic heterocycles. The molecule has 1 fully saturated rings. The molecule has 1 saturated heterocycles. The number of nitrogens with one attached hydrogen (secondary N) is 3. The van der Waals surface area contributed by atoms with Crippen LogP contribution in [-0.2, 0) is 6.42 Å². The summed E-state index contributed by atoms with van der Waals surface area (Å²) >= 11 is 0. The number of hydrogen-bond acceptors (Lipinski definition) is 6. The van der Waals surface area contributed by atoms with Gasteiger partial charge in [-0.3, -0.25) is 20.3 Å². The molecule has 10 nitrogen and oxygen atoms in total. The largest absolute Gasteiger partial charge is 0.497 e. The third-order valence-corrected chi connectivity index (χ3v) is 6.62. The van der Waals surface area contributed by atoms with Crippen LogP contribution in [0.3, 0.4) is 0 Å². The predicted molar refractivity (Wildman–Crippen MR) is 136 cm³/mol. The van der Waals surface area contributed by atoms with E-state index in [0.717, 1.165) is 43.1 Å². The van der Waals surface area contributed by atoms with Crippen molar-refractivity contribution in [3.8, 4) is 5.75 Å². The molecule has 0 unspecified atom stereocenters. The first-order chi connectivity index (χ1) is 17.4. The highest BCUT2D eigenvalue weighted by Gasteiger charge is 2.24. The minimum absolute atomic E-state index is 0.0839. The Morgan fingerprint density at radius 2 is 1.69 bits per heavy atom. The molecule has 0 saturated carbocycles. The molecule has 2 aromatic carbocycles. The van der Waals surface area contributed by atoms with E-state index >= 15 is 0 Å². The number of hydrogen-bond donors (Lipinski definition) is 3. The number of amidine groups is 1. The SMILES string of the molecule is COc1ccc2c(c1)CCN(CCNC(=O)NC(=O)c1ccc(C(=N)N3CCN(C)CC3)cc1)C2=O. The third-order valence-electron chi connectivity index (χ3n) is 6.62. The van der Waals surface area contributed by atoms with Gasteiger partial charge in [-0.2, -0.15) is 0 Å². The van der Waals surface area contributed by atoms with Crippen LogP contribution in [0, 0.1) is 5.41 Å². The zero-order chi connectivity index (χ0) is 25.7. The lowest BCUT2D eigenvalue weighted by Crippen LogP contribution is -2.47. The quantitative estimate of drug-likeness (QED) is 0.415. The molecule has 10 heteroatoms. The van der Waals surface area contributed by atoms with Crippen LogP contribution in [0.4, 0.5) is 4.79 Å². The molecule has 36 heavy (non-hydrogen) atoms. The fraction of sp³-hybridized carbons (Fsp3) is 0.385. The lowest BCUT2D eigenvalue weighted by molar-refractivity contribution is 0.0740. The lowest BCUT2D eigenvalue weighted by atomic mass is 9.98. The fourth-order valence-electron chi connectivity index (χ4n) is 4.37. The van der Waals surface area contributed by atoms with Crippen LogP contribution in [0.1, 0.15) is 31.8 Å². The first-order valence-corrected chi connectivity index (χ1v) is 12.0. The Balaban J connectivity index is 1.23. The minimum Gasteiger partial charge on any atom is -0.497 e. The molecule has 0 atom stereocenters. The van der Waals surface area contributed by atoms with E-state index in [1.807, 2.05) is 11.0 Å². The average molecular weight is 493 g/mol. The molecule has 2 aliphatic rings. The molecule has 0 bridgehead atoms. The number of benzene rings is 2. The number of nitrogens with zero attached hydrogens (tertiary/aromatic N) is 3. The van der Waals surface area contributed by atoms with Crippen molar-refractivity contribution < 1.29 is 19.1 Å². The van der Waals surface area contributed by atoms with Crippen molar-refractivity contribution in [1.82, 2.24) is 25.3 Å². The molecule has 0 aliphatic carbocycles. The zero-order valence-electron chi connectivity index (χ0n) is 20.7. The number of ether oxygens (including phenoxy) is 1. The number of amides is 4. The maximum atomic E-state index is 12.7. The van der Waals surface area contributed by atoms with Crippen LogP contribution >= 0.6 is 0 Å². The van der Waals surface area contributed by atoms with Gasteiger partial charge in [0.25, 0.3) is 11.8 Å². The molecule has 2 aromatic rings. The number of carbonyl (C=O) groups is 3. The van der Waals surface area contributed by atoms with Crippen molar-refractivity contribution in [3.63, 3.8) is 0 Å². The van der Waals surface area contributed by atoms with Gasteiger partial charge in [0.1, 0.15) is 11.6 Å². The van der Waals surface area contributed by atoms with Gasteiger partial charge >= 0.3 is 6.03 Å². The van der Waals surface area contributed by atoms with Gasteiger partial charge in [0, 0.05) is 62.5 Å². The van der Waals surface area contributed by atoms with Gasteiger partial charge in [-0.1, -0.05) is 12.1 Å². The Labute approximate surface area is 210 Å². The number of carbonyl (C=O) groups excluding carboxylic acids is 3. The van der Waals surface area contributed by atoms with Crippen LogP contribution < -0.4 is 15.4 Å². The first-order valence-electron chi connectivity index (χ1n) is 12.0. The summed E-state index contributed by atoms with van der Waals surface area (Å²) in [5.41, 5.74) is 2.66.